The van der Waals surface area contributed by atoms with E-state index >= 15 is 0 Å². The van der Waals surface area contributed by atoms with Crippen molar-refractivity contribution in [2.24, 2.45) is 0 Å². The van der Waals surface area contributed by atoms with Gasteiger partial charge in [-0.05, 0) is 18.4 Å². The molecule has 1 aromatic heterocycles. The third-order valence-electron chi connectivity index (χ3n) is 2.45. The third kappa shape index (κ3) is 3.60. The van der Waals surface area contributed by atoms with Crippen LogP contribution in [0.25, 0.3) is 5.69 Å². The fraction of sp³-hybridized carbons (Fsp3) is 0.250. The molecule has 0 saturated heterocycles. The summed E-state index contributed by atoms with van der Waals surface area (Å²) in [6, 6.07) is 6.68. The average molecular weight is 335 g/mol. The molecule has 0 saturated carbocycles. The van der Waals surface area contributed by atoms with E-state index in [9.17, 15) is 8.42 Å². The number of aromatic nitrogens is 2. The van der Waals surface area contributed by atoms with Gasteiger partial charge in [-0.1, -0.05) is 43.1 Å². The van der Waals surface area contributed by atoms with Gasteiger partial charge in [-0.2, -0.15) is 0 Å². The molecule has 1 heterocycles. The number of rotatable bonds is 2. The van der Waals surface area contributed by atoms with Crippen LogP contribution in [0.4, 0.5) is 0 Å². The van der Waals surface area contributed by atoms with Crippen molar-refractivity contribution in [1.82, 2.24) is 9.55 Å². The van der Waals surface area contributed by atoms with Crippen LogP contribution in [0.15, 0.2) is 29.2 Å². The van der Waals surface area contributed by atoms with Crippen molar-refractivity contribution in [3.05, 3.63) is 42.0 Å². The third-order valence-corrected chi connectivity index (χ3v) is 3.58. The smallest absolute Gasteiger partial charge is 0.465 e. The van der Waals surface area contributed by atoms with Gasteiger partial charge in [0, 0.05) is 6.26 Å². The fourth-order valence-electron chi connectivity index (χ4n) is 1.65. The van der Waals surface area contributed by atoms with Crippen LogP contribution in [0.2, 0.25) is 0 Å². The van der Waals surface area contributed by atoms with Crippen molar-refractivity contribution in [2.75, 3.05) is 6.26 Å². The van der Waals surface area contributed by atoms with Crippen molar-refractivity contribution in [2.45, 2.75) is 18.7 Å². The average Bonchev–Trinajstić information content (AvgIpc) is 2.57. The second-order valence-electron chi connectivity index (χ2n) is 3.96. The molecular weight excluding hydrogens is 322 g/mol. The van der Waals surface area contributed by atoms with Gasteiger partial charge in [-0.3, -0.25) is 0 Å². The molecule has 0 atom stereocenters. The molecule has 4 nitrogen and oxygen atoms in total. The van der Waals surface area contributed by atoms with E-state index in [4.69, 9.17) is 0 Å². The molecule has 0 aliphatic heterocycles. The van der Waals surface area contributed by atoms with Gasteiger partial charge in [0.15, 0.2) is 9.84 Å². The first-order valence-electron chi connectivity index (χ1n) is 5.14. The minimum atomic E-state index is -3.14. The topological polar surface area (TPSA) is 52.0 Å². The van der Waals surface area contributed by atoms with Crippen molar-refractivity contribution in [3.8, 4) is 5.69 Å². The van der Waals surface area contributed by atoms with Gasteiger partial charge in [-0.25, -0.2) is 8.42 Å². The van der Waals surface area contributed by atoms with E-state index in [1.54, 1.807) is 28.8 Å². The molecule has 0 aliphatic carbocycles. The number of benzene rings is 1. The normalized spacial score (nSPS) is 11.1. The van der Waals surface area contributed by atoms with E-state index in [1.165, 1.54) is 6.26 Å². The summed E-state index contributed by atoms with van der Waals surface area (Å²) in [5.74, 6) is 0.828. The second kappa shape index (κ2) is 6.09. The van der Waals surface area contributed by atoms with Crippen LogP contribution in [-0.2, 0) is 9.84 Å². The van der Waals surface area contributed by atoms with Gasteiger partial charge in [0.05, 0.1) is 4.90 Å². The summed E-state index contributed by atoms with van der Waals surface area (Å²) < 4.78 is 24.5. The van der Waals surface area contributed by atoms with Gasteiger partial charge >= 0.3 is 58.2 Å². The summed E-state index contributed by atoms with van der Waals surface area (Å²) in [6.45, 7) is 3.75. The van der Waals surface area contributed by atoms with Crippen LogP contribution in [-0.4, -0.2) is 24.2 Å². The largest absolute Gasteiger partial charge is 1.00 e. The summed E-state index contributed by atoms with van der Waals surface area (Å²) in [7, 11) is -3.14. The Morgan fingerprint density at radius 2 is 1.72 bits per heavy atom. The first kappa shape index (κ1) is 16.2. The Kier molecular flexibility index (Phi) is 5.50. The Hall–Kier alpha value is 0.185. The predicted octanol–water partition coefficient (Wildman–Crippen LogP) is -1.30. The molecule has 1 aromatic carbocycles. The number of hydrogen-bond acceptors (Lipinski definition) is 3. The summed E-state index contributed by atoms with van der Waals surface area (Å²) in [6.07, 6.45) is 4.27. The zero-order chi connectivity index (χ0) is 12.6. The van der Waals surface area contributed by atoms with Crippen molar-refractivity contribution >= 4 is 9.84 Å². The van der Waals surface area contributed by atoms with Gasteiger partial charge in [0.25, 0.3) is 0 Å². The molecule has 0 bridgehead atoms. The zero-order valence-electron chi connectivity index (χ0n) is 10.9. The monoisotopic (exact) mass is 334 g/mol. The Balaban J connectivity index is 0.00000162. The van der Waals surface area contributed by atoms with Crippen LogP contribution < -0.4 is 58.2 Å². The standard InChI is InChI=1S/C12H13N2O2S.Rb/c1-9-8-14(10(2)13-9)11-4-6-12(7-5-11)17(3,15)16;/h4-7H,1-3H3;/q-1;+1. The Labute approximate surface area is 156 Å². The van der Waals surface area contributed by atoms with E-state index in [1.807, 2.05) is 13.8 Å². The van der Waals surface area contributed by atoms with Crippen molar-refractivity contribution in [3.63, 3.8) is 0 Å². The molecule has 0 N–H and O–H groups in total. The molecule has 0 spiro atoms. The molecule has 18 heavy (non-hydrogen) atoms. The molecule has 0 amide bonds. The van der Waals surface area contributed by atoms with Crippen LogP contribution in [0.5, 0.6) is 0 Å². The van der Waals surface area contributed by atoms with Crippen LogP contribution in [0.3, 0.4) is 0 Å². The quantitative estimate of drug-likeness (QED) is 0.641. The molecule has 0 aliphatic rings. The first-order valence-corrected chi connectivity index (χ1v) is 7.03. The second-order valence-corrected chi connectivity index (χ2v) is 5.97. The Bertz CT molecular complexity index is 645. The molecule has 6 heteroatoms. The minimum Gasteiger partial charge on any atom is -0.465 e. The van der Waals surface area contributed by atoms with E-state index in [-0.39, 0.29) is 58.2 Å². The van der Waals surface area contributed by atoms with E-state index in [2.05, 4.69) is 11.2 Å². The Morgan fingerprint density at radius 3 is 2.11 bits per heavy atom. The predicted molar refractivity (Wildman–Crippen MR) is 65.0 cm³/mol. The van der Waals surface area contributed by atoms with Crippen molar-refractivity contribution < 1.29 is 66.6 Å². The van der Waals surface area contributed by atoms with Crippen LogP contribution in [0.1, 0.15) is 11.5 Å². The SMILES string of the molecule is Cc1[c-]n(-c2ccc(S(C)(=O)=O)cc2)c(C)n1.[Rb+]. The first-order chi connectivity index (χ1) is 7.88. The molecule has 2 rings (SSSR count). The molecule has 0 radical (unpaired) electrons. The maximum Gasteiger partial charge on any atom is 1.00 e. The van der Waals surface area contributed by atoms with Gasteiger partial charge in [0.1, 0.15) is 0 Å². The van der Waals surface area contributed by atoms with E-state index in [0.29, 0.717) is 4.90 Å². The van der Waals surface area contributed by atoms with Gasteiger partial charge in [-0.15, -0.1) is 0 Å². The Morgan fingerprint density at radius 1 is 1.17 bits per heavy atom. The van der Waals surface area contributed by atoms with Gasteiger partial charge in [0.2, 0.25) is 0 Å². The summed E-state index contributed by atoms with van der Waals surface area (Å²) in [5, 5.41) is 0. The minimum absolute atomic E-state index is 0. The number of aryl methyl sites for hydroxylation is 2. The fourth-order valence-corrected chi connectivity index (χ4v) is 2.28. The number of sulfone groups is 1. The number of imidazole rings is 1. The number of nitrogens with zero attached hydrogens (tertiary/aromatic N) is 2. The summed E-state index contributed by atoms with van der Waals surface area (Å²) in [4.78, 5) is 4.56. The molecular formula is C12H13N2O2RbS. The van der Waals surface area contributed by atoms with Crippen LogP contribution in [0, 0.1) is 20.0 Å². The molecule has 0 fully saturated rings. The van der Waals surface area contributed by atoms with Crippen molar-refractivity contribution in [1.29, 1.82) is 0 Å². The maximum atomic E-state index is 11.3. The number of hydrogen-bond donors (Lipinski definition) is 0. The van der Waals surface area contributed by atoms with Gasteiger partial charge < -0.3 is 9.55 Å². The summed E-state index contributed by atoms with van der Waals surface area (Å²) in [5.41, 5.74) is 1.67. The van der Waals surface area contributed by atoms with Crippen LogP contribution >= 0.6 is 0 Å². The molecule has 90 valence electrons. The maximum absolute atomic E-state index is 11.3. The zero-order valence-corrected chi connectivity index (χ0v) is 16.7. The van der Waals surface area contributed by atoms with E-state index in [0.717, 1.165) is 17.2 Å². The molecule has 2 aromatic rings. The van der Waals surface area contributed by atoms with E-state index < -0.39 is 9.84 Å². The molecule has 0 unspecified atom stereocenters. The summed E-state index contributed by atoms with van der Waals surface area (Å²) >= 11 is 0.